The van der Waals surface area contributed by atoms with E-state index in [1.54, 1.807) is 54.6 Å². The van der Waals surface area contributed by atoms with Crippen molar-refractivity contribution in [1.29, 1.82) is 0 Å². The van der Waals surface area contributed by atoms with Crippen molar-refractivity contribution in [2.45, 2.75) is 19.8 Å². The minimum atomic E-state index is -0.349. The van der Waals surface area contributed by atoms with Crippen LogP contribution >= 0.6 is 11.6 Å². The third-order valence-corrected chi connectivity index (χ3v) is 5.91. The van der Waals surface area contributed by atoms with Gasteiger partial charge in [-0.25, -0.2) is 19.9 Å². The van der Waals surface area contributed by atoms with E-state index in [-0.39, 0.29) is 11.8 Å². The highest BCUT2D eigenvalue weighted by molar-refractivity contribution is 6.30. The molecule has 0 atom stereocenters. The van der Waals surface area contributed by atoms with Crippen LogP contribution in [0, 0.1) is 0 Å². The van der Waals surface area contributed by atoms with Crippen LogP contribution in [0.4, 0.5) is 23.0 Å². The number of pyridine rings is 2. The van der Waals surface area contributed by atoms with Gasteiger partial charge in [0.2, 0.25) is 0 Å². The van der Waals surface area contributed by atoms with Gasteiger partial charge in [-0.15, -0.1) is 0 Å². The molecule has 0 saturated carbocycles. The van der Waals surface area contributed by atoms with Gasteiger partial charge in [-0.2, -0.15) is 0 Å². The predicted molar refractivity (Wildman–Crippen MR) is 149 cm³/mol. The first-order valence-electron chi connectivity index (χ1n) is 11.8. The van der Waals surface area contributed by atoms with Gasteiger partial charge in [-0.05, 0) is 72.6 Å². The summed E-state index contributed by atoms with van der Waals surface area (Å²) in [5.41, 5.74) is 8.84. The molecule has 38 heavy (non-hydrogen) atoms. The number of hydrogen-bond donors (Lipinski definition) is 3. The molecule has 0 aliphatic rings. The van der Waals surface area contributed by atoms with Gasteiger partial charge in [0.1, 0.15) is 23.7 Å². The number of aromatic nitrogens is 4. The lowest BCUT2D eigenvalue weighted by atomic mass is 10.1. The maximum absolute atomic E-state index is 13.0. The number of benzene rings is 2. The molecule has 0 bridgehead atoms. The Morgan fingerprint density at radius 2 is 1.79 bits per heavy atom. The second kappa shape index (κ2) is 10.7. The highest BCUT2D eigenvalue weighted by atomic mass is 35.5. The molecular formula is C28H24ClN7O2. The zero-order valence-corrected chi connectivity index (χ0v) is 21.4. The fourth-order valence-electron chi connectivity index (χ4n) is 3.66. The Morgan fingerprint density at radius 1 is 0.974 bits per heavy atom. The molecule has 0 radical (unpaired) electrons. The molecule has 10 heteroatoms. The molecule has 0 aliphatic heterocycles. The van der Waals surface area contributed by atoms with E-state index in [0.717, 1.165) is 11.1 Å². The van der Waals surface area contributed by atoms with Crippen molar-refractivity contribution < 1.29 is 9.53 Å². The number of rotatable bonds is 7. The molecule has 3 heterocycles. The van der Waals surface area contributed by atoms with Crippen LogP contribution in [0.2, 0.25) is 5.02 Å². The molecule has 0 aliphatic carbocycles. The zero-order chi connectivity index (χ0) is 26.6. The maximum atomic E-state index is 13.0. The van der Waals surface area contributed by atoms with Gasteiger partial charge in [0.05, 0.1) is 16.1 Å². The molecule has 4 N–H and O–H groups in total. The number of ether oxygens (including phenoxy) is 1. The summed E-state index contributed by atoms with van der Waals surface area (Å²) in [7, 11) is 0. The smallest absolute Gasteiger partial charge is 0.256 e. The van der Waals surface area contributed by atoms with Crippen LogP contribution in [-0.4, -0.2) is 25.8 Å². The number of nitrogens with one attached hydrogen (secondary N) is 2. The van der Waals surface area contributed by atoms with Crippen molar-refractivity contribution in [2.75, 3.05) is 16.4 Å². The Morgan fingerprint density at radius 3 is 2.53 bits per heavy atom. The van der Waals surface area contributed by atoms with E-state index >= 15 is 0 Å². The lowest BCUT2D eigenvalue weighted by Crippen LogP contribution is -2.13. The van der Waals surface area contributed by atoms with Crippen LogP contribution in [0.3, 0.4) is 0 Å². The zero-order valence-electron chi connectivity index (χ0n) is 20.6. The standard InChI is InChI=1S/C28H24ClN7O2/c1-16(2)22-10-9-21-26(34-22)32-15-33-27(21)35-23-13-17(28(37)36-25-12-4-18(29)14-31-25)3-11-24(23)38-20-7-5-19(30)6-8-20/h3-16H,30H2,1-2H3,(H,31,36,37)(H,32,33,34,35). The van der Waals surface area contributed by atoms with E-state index < -0.39 is 0 Å². The molecule has 2 aromatic carbocycles. The fraction of sp³-hybridized carbons (Fsp3) is 0.107. The van der Waals surface area contributed by atoms with Gasteiger partial charge in [0, 0.05) is 23.1 Å². The molecular weight excluding hydrogens is 502 g/mol. The van der Waals surface area contributed by atoms with Crippen molar-refractivity contribution in [3.05, 3.63) is 95.5 Å². The summed E-state index contributed by atoms with van der Waals surface area (Å²) >= 11 is 5.90. The van der Waals surface area contributed by atoms with Crippen molar-refractivity contribution in [2.24, 2.45) is 0 Å². The summed E-state index contributed by atoms with van der Waals surface area (Å²) in [6, 6.07) is 19.3. The van der Waals surface area contributed by atoms with Crippen molar-refractivity contribution in [3.63, 3.8) is 0 Å². The first-order valence-corrected chi connectivity index (χ1v) is 12.2. The number of fused-ring (bicyclic) bond motifs is 1. The lowest BCUT2D eigenvalue weighted by molar-refractivity contribution is 0.102. The van der Waals surface area contributed by atoms with Gasteiger partial charge in [-0.3, -0.25) is 4.79 Å². The van der Waals surface area contributed by atoms with Crippen LogP contribution in [0.1, 0.15) is 35.8 Å². The maximum Gasteiger partial charge on any atom is 0.256 e. The number of nitrogens with two attached hydrogens (primary N) is 1. The molecule has 190 valence electrons. The van der Waals surface area contributed by atoms with Gasteiger partial charge in [0.15, 0.2) is 11.4 Å². The number of nitrogen functional groups attached to an aromatic ring is 1. The number of nitrogens with zero attached hydrogens (tertiary/aromatic N) is 4. The first-order chi connectivity index (χ1) is 18.4. The van der Waals surface area contributed by atoms with Crippen LogP contribution < -0.4 is 21.1 Å². The molecule has 0 fully saturated rings. The number of amides is 1. The van der Waals surface area contributed by atoms with Gasteiger partial charge >= 0.3 is 0 Å². The predicted octanol–water partition coefficient (Wildman–Crippen LogP) is 6.57. The summed E-state index contributed by atoms with van der Waals surface area (Å²) < 4.78 is 6.13. The Labute approximate surface area is 224 Å². The Hall–Kier alpha value is -4.76. The lowest BCUT2D eigenvalue weighted by Gasteiger charge is -2.15. The van der Waals surface area contributed by atoms with E-state index in [1.165, 1.54) is 12.5 Å². The third-order valence-electron chi connectivity index (χ3n) is 5.68. The normalized spacial score (nSPS) is 10.9. The minimum absolute atomic E-state index is 0.260. The summed E-state index contributed by atoms with van der Waals surface area (Å²) in [5, 5.41) is 7.29. The Kier molecular flexibility index (Phi) is 7.01. The van der Waals surface area contributed by atoms with Crippen LogP contribution in [0.15, 0.2) is 79.3 Å². The molecule has 9 nitrogen and oxygen atoms in total. The van der Waals surface area contributed by atoms with E-state index in [4.69, 9.17) is 22.1 Å². The number of carbonyl (C=O) groups is 1. The molecule has 0 saturated heterocycles. The molecule has 5 aromatic rings. The number of carbonyl (C=O) groups excluding carboxylic acids is 1. The summed E-state index contributed by atoms with van der Waals surface area (Å²) in [4.78, 5) is 30.6. The average molecular weight is 526 g/mol. The largest absolute Gasteiger partial charge is 0.455 e. The monoisotopic (exact) mass is 525 g/mol. The van der Waals surface area contributed by atoms with Crippen molar-refractivity contribution in [1.82, 2.24) is 19.9 Å². The molecule has 5 rings (SSSR count). The average Bonchev–Trinajstić information content (AvgIpc) is 2.92. The highest BCUT2D eigenvalue weighted by Gasteiger charge is 2.15. The van der Waals surface area contributed by atoms with Crippen molar-refractivity contribution >= 4 is 51.6 Å². The molecule has 1 amide bonds. The van der Waals surface area contributed by atoms with Crippen LogP contribution in [0.25, 0.3) is 11.0 Å². The minimum Gasteiger partial charge on any atom is -0.455 e. The number of anilines is 4. The Bertz CT molecular complexity index is 1610. The summed E-state index contributed by atoms with van der Waals surface area (Å²) in [6.07, 6.45) is 2.91. The molecule has 0 spiro atoms. The summed E-state index contributed by atoms with van der Waals surface area (Å²) in [6.45, 7) is 4.15. The first kappa shape index (κ1) is 24.9. The number of hydrogen-bond acceptors (Lipinski definition) is 8. The van der Waals surface area contributed by atoms with E-state index in [0.29, 0.717) is 50.7 Å². The second-order valence-electron chi connectivity index (χ2n) is 8.81. The van der Waals surface area contributed by atoms with E-state index in [2.05, 4.69) is 44.4 Å². The second-order valence-corrected chi connectivity index (χ2v) is 9.24. The van der Waals surface area contributed by atoms with Crippen molar-refractivity contribution in [3.8, 4) is 11.5 Å². The summed E-state index contributed by atoms with van der Waals surface area (Å²) in [5.74, 6) is 1.88. The van der Waals surface area contributed by atoms with E-state index in [1.807, 2.05) is 12.1 Å². The Balaban J connectivity index is 1.51. The van der Waals surface area contributed by atoms with Gasteiger partial charge in [0.25, 0.3) is 5.91 Å². The van der Waals surface area contributed by atoms with Crippen LogP contribution in [-0.2, 0) is 0 Å². The van der Waals surface area contributed by atoms with Crippen LogP contribution in [0.5, 0.6) is 11.5 Å². The number of halogens is 1. The van der Waals surface area contributed by atoms with Gasteiger partial charge < -0.3 is 21.1 Å². The third kappa shape index (κ3) is 5.63. The molecule has 3 aromatic heterocycles. The topological polar surface area (TPSA) is 128 Å². The fourth-order valence-corrected chi connectivity index (χ4v) is 3.78. The molecule has 0 unspecified atom stereocenters. The van der Waals surface area contributed by atoms with Gasteiger partial charge in [-0.1, -0.05) is 25.4 Å². The highest BCUT2D eigenvalue weighted by Crippen LogP contribution is 2.34. The quantitative estimate of drug-likeness (QED) is 0.204. The van der Waals surface area contributed by atoms with E-state index in [9.17, 15) is 4.79 Å². The SMILES string of the molecule is CC(C)c1ccc2c(Nc3cc(C(=O)Nc4ccc(Cl)cn4)ccc3Oc3ccc(N)cc3)ncnc2n1.